The molecule has 0 saturated heterocycles. The molecule has 0 bridgehead atoms. The number of hydrogen-bond donors (Lipinski definition) is 3. The highest BCUT2D eigenvalue weighted by Crippen LogP contribution is 2.39. The Balaban J connectivity index is 1.99. The standard InChI is InChI=1S/C20H36N4O2/c1-5-21-19(22-13-15(2)18-16(3)24-26-17(18)4)23-14-20(11-12-25)9-7-6-8-10-20/h15,25H,5-14H2,1-4H3,(H2,21,22,23). The Bertz CT molecular complexity index is 551. The van der Waals surface area contributed by atoms with Gasteiger partial charge in [0.05, 0.1) is 5.69 Å². The van der Waals surface area contributed by atoms with Gasteiger partial charge in [0, 0.05) is 37.7 Å². The van der Waals surface area contributed by atoms with E-state index in [0.29, 0.717) is 5.92 Å². The lowest BCUT2D eigenvalue weighted by molar-refractivity contribution is 0.137. The van der Waals surface area contributed by atoms with Crippen molar-refractivity contribution >= 4 is 5.96 Å². The lowest BCUT2D eigenvalue weighted by atomic mass is 9.72. The maximum Gasteiger partial charge on any atom is 0.191 e. The minimum Gasteiger partial charge on any atom is -0.396 e. The number of aromatic nitrogens is 1. The van der Waals surface area contributed by atoms with Gasteiger partial charge in [-0.1, -0.05) is 31.3 Å². The number of hydrogen-bond acceptors (Lipinski definition) is 4. The van der Waals surface area contributed by atoms with Crippen LogP contribution in [-0.2, 0) is 0 Å². The molecule has 6 nitrogen and oxygen atoms in total. The van der Waals surface area contributed by atoms with E-state index in [2.05, 4.69) is 29.6 Å². The molecule has 1 unspecified atom stereocenters. The smallest absolute Gasteiger partial charge is 0.191 e. The van der Waals surface area contributed by atoms with E-state index >= 15 is 0 Å². The van der Waals surface area contributed by atoms with E-state index in [1.54, 1.807) is 0 Å². The van der Waals surface area contributed by atoms with E-state index in [4.69, 9.17) is 9.52 Å². The SMILES string of the molecule is CCNC(=NCC1(CCO)CCCCC1)NCC(C)c1c(C)noc1C. The number of rotatable bonds is 8. The largest absolute Gasteiger partial charge is 0.396 e. The van der Waals surface area contributed by atoms with Crippen molar-refractivity contribution in [2.24, 2.45) is 10.4 Å². The summed E-state index contributed by atoms with van der Waals surface area (Å²) in [5.74, 6) is 2.04. The highest BCUT2D eigenvalue weighted by molar-refractivity contribution is 5.79. The minimum absolute atomic E-state index is 0.169. The first-order valence-corrected chi connectivity index (χ1v) is 10.1. The van der Waals surface area contributed by atoms with Gasteiger partial charge in [-0.05, 0) is 45.4 Å². The third-order valence-electron chi connectivity index (χ3n) is 5.63. The van der Waals surface area contributed by atoms with Crippen LogP contribution in [0.5, 0.6) is 0 Å². The third kappa shape index (κ3) is 5.47. The van der Waals surface area contributed by atoms with Crippen molar-refractivity contribution in [3.63, 3.8) is 0 Å². The van der Waals surface area contributed by atoms with Gasteiger partial charge in [0.25, 0.3) is 0 Å². The van der Waals surface area contributed by atoms with Crippen LogP contribution in [0.4, 0.5) is 0 Å². The monoisotopic (exact) mass is 364 g/mol. The molecule has 1 aliphatic carbocycles. The fraction of sp³-hybridized carbons (Fsp3) is 0.800. The van der Waals surface area contributed by atoms with Crippen molar-refractivity contribution in [3.05, 3.63) is 17.0 Å². The number of nitrogens with zero attached hydrogens (tertiary/aromatic N) is 2. The van der Waals surface area contributed by atoms with Crippen LogP contribution in [0.25, 0.3) is 0 Å². The quantitative estimate of drug-likeness (QED) is 0.487. The molecule has 148 valence electrons. The van der Waals surface area contributed by atoms with Crippen molar-refractivity contribution < 1.29 is 9.63 Å². The summed E-state index contributed by atoms with van der Waals surface area (Å²) in [5, 5.41) is 20.4. The van der Waals surface area contributed by atoms with Crippen LogP contribution < -0.4 is 10.6 Å². The van der Waals surface area contributed by atoms with Crippen LogP contribution in [-0.4, -0.2) is 42.5 Å². The van der Waals surface area contributed by atoms with Gasteiger partial charge in [0.15, 0.2) is 5.96 Å². The first kappa shape index (κ1) is 20.7. The van der Waals surface area contributed by atoms with Gasteiger partial charge >= 0.3 is 0 Å². The van der Waals surface area contributed by atoms with Crippen LogP contribution in [0.2, 0.25) is 0 Å². The lowest BCUT2D eigenvalue weighted by Gasteiger charge is -2.35. The summed E-state index contributed by atoms with van der Waals surface area (Å²) in [6.45, 7) is 10.9. The molecular formula is C20H36N4O2. The van der Waals surface area contributed by atoms with E-state index in [-0.39, 0.29) is 12.0 Å². The number of aliphatic imine (C=N–C) groups is 1. The number of guanidine groups is 1. The van der Waals surface area contributed by atoms with Crippen LogP contribution in [0.1, 0.15) is 75.3 Å². The van der Waals surface area contributed by atoms with Gasteiger partial charge < -0.3 is 20.3 Å². The van der Waals surface area contributed by atoms with Gasteiger partial charge in [0.2, 0.25) is 0 Å². The second-order valence-corrected chi connectivity index (χ2v) is 7.75. The van der Waals surface area contributed by atoms with Crippen molar-refractivity contribution in [2.45, 2.75) is 72.1 Å². The van der Waals surface area contributed by atoms with E-state index < -0.39 is 0 Å². The molecule has 0 spiro atoms. The summed E-state index contributed by atoms with van der Waals surface area (Å²) in [5.41, 5.74) is 2.31. The molecule has 6 heteroatoms. The van der Waals surface area contributed by atoms with Crippen molar-refractivity contribution in [2.75, 3.05) is 26.2 Å². The number of aliphatic hydroxyl groups excluding tert-OH is 1. The average Bonchev–Trinajstić information content (AvgIpc) is 2.97. The normalized spacial score (nSPS) is 18.6. The first-order valence-electron chi connectivity index (χ1n) is 10.1. The van der Waals surface area contributed by atoms with Crippen LogP contribution in [0.3, 0.4) is 0 Å². The summed E-state index contributed by atoms with van der Waals surface area (Å²) in [4.78, 5) is 4.87. The van der Waals surface area contributed by atoms with Crippen LogP contribution in [0.15, 0.2) is 9.52 Å². The molecule has 1 aliphatic rings. The molecule has 0 radical (unpaired) electrons. The third-order valence-corrected chi connectivity index (χ3v) is 5.63. The van der Waals surface area contributed by atoms with E-state index in [1.807, 2.05) is 13.8 Å². The maximum atomic E-state index is 9.49. The second-order valence-electron chi connectivity index (χ2n) is 7.75. The van der Waals surface area contributed by atoms with Gasteiger partial charge in [-0.25, -0.2) is 0 Å². The van der Waals surface area contributed by atoms with Gasteiger partial charge in [0.1, 0.15) is 5.76 Å². The highest BCUT2D eigenvalue weighted by Gasteiger charge is 2.31. The maximum absolute atomic E-state index is 9.49. The fourth-order valence-corrected chi connectivity index (χ4v) is 4.16. The Morgan fingerprint density at radius 3 is 2.58 bits per heavy atom. The van der Waals surface area contributed by atoms with Gasteiger partial charge in [-0.3, -0.25) is 4.99 Å². The Labute approximate surface area is 157 Å². The predicted molar refractivity (Wildman–Crippen MR) is 106 cm³/mol. The molecule has 1 atom stereocenters. The zero-order chi connectivity index (χ0) is 19.0. The van der Waals surface area contributed by atoms with Crippen molar-refractivity contribution in [1.29, 1.82) is 0 Å². The highest BCUT2D eigenvalue weighted by atomic mass is 16.5. The molecule has 2 rings (SSSR count). The fourth-order valence-electron chi connectivity index (χ4n) is 4.16. The summed E-state index contributed by atoms with van der Waals surface area (Å²) < 4.78 is 5.29. The molecule has 1 fully saturated rings. The number of aliphatic hydroxyl groups is 1. The van der Waals surface area contributed by atoms with E-state index in [9.17, 15) is 5.11 Å². The Morgan fingerprint density at radius 2 is 2.00 bits per heavy atom. The number of nitrogens with one attached hydrogen (secondary N) is 2. The molecule has 0 aliphatic heterocycles. The van der Waals surface area contributed by atoms with E-state index in [1.165, 1.54) is 37.7 Å². The molecular weight excluding hydrogens is 328 g/mol. The molecule has 26 heavy (non-hydrogen) atoms. The van der Waals surface area contributed by atoms with Gasteiger partial charge in [-0.2, -0.15) is 0 Å². The van der Waals surface area contributed by atoms with Crippen LogP contribution in [0, 0.1) is 19.3 Å². The van der Waals surface area contributed by atoms with Gasteiger partial charge in [-0.15, -0.1) is 0 Å². The summed E-state index contributed by atoms with van der Waals surface area (Å²) >= 11 is 0. The second kappa shape index (κ2) is 9.95. The molecule has 0 aromatic carbocycles. The summed E-state index contributed by atoms with van der Waals surface area (Å²) in [6.07, 6.45) is 7.01. The molecule has 1 aromatic rings. The summed E-state index contributed by atoms with van der Waals surface area (Å²) in [7, 11) is 0. The number of aryl methyl sites for hydroxylation is 2. The van der Waals surface area contributed by atoms with Crippen molar-refractivity contribution in [1.82, 2.24) is 15.8 Å². The molecule has 1 heterocycles. The average molecular weight is 365 g/mol. The Kier molecular flexibility index (Phi) is 7.94. The topological polar surface area (TPSA) is 82.7 Å². The molecule has 1 aromatic heterocycles. The zero-order valence-electron chi connectivity index (χ0n) is 16.9. The first-order chi connectivity index (χ1) is 12.5. The van der Waals surface area contributed by atoms with E-state index in [0.717, 1.165) is 43.5 Å². The Hall–Kier alpha value is -1.56. The summed E-state index contributed by atoms with van der Waals surface area (Å²) in [6, 6.07) is 0. The zero-order valence-corrected chi connectivity index (χ0v) is 16.9. The van der Waals surface area contributed by atoms with Crippen molar-refractivity contribution in [3.8, 4) is 0 Å². The lowest BCUT2D eigenvalue weighted by Crippen LogP contribution is -2.40. The molecule has 1 saturated carbocycles. The minimum atomic E-state index is 0.169. The Morgan fingerprint density at radius 1 is 1.27 bits per heavy atom. The van der Waals surface area contributed by atoms with Crippen LogP contribution >= 0.6 is 0 Å². The molecule has 3 N–H and O–H groups in total. The molecule has 0 amide bonds. The predicted octanol–water partition coefficient (Wildman–Crippen LogP) is 3.28.